The van der Waals surface area contributed by atoms with Crippen LogP contribution >= 0.6 is 15.9 Å². The maximum Gasteiger partial charge on any atom is 0.252 e. The van der Waals surface area contributed by atoms with E-state index in [4.69, 9.17) is 10.5 Å². The number of carbonyl (C=O) groups is 1. The normalized spacial score (nSPS) is 10.7. The summed E-state index contributed by atoms with van der Waals surface area (Å²) in [5, 5.41) is 2.87. The summed E-state index contributed by atoms with van der Waals surface area (Å²) in [4.78, 5) is 14.1. The molecule has 0 aliphatic rings. The van der Waals surface area contributed by atoms with Gasteiger partial charge < -0.3 is 20.7 Å². The van der Waals surface area contributed by atoms with Crippen LogP contribution in [-0.2, 0) is 4.74 Å². The van der Waals surface area contributed by atoms with Gasteiger partial charge in [0.05, 0.1) is 16.6 Å². The molecule has 1 amide bonds. The molecular weight excluding hydrogens is 310 g/mol. The Hall–Kier alpha value is -1.11. The van der Waals surface area contributed by atoms with Gasteiger partial charge in [-0.3, -0.25) is 4.79 Å². The van der Waals surface area contributed by atoms with Crippen LogP contribution in [0.5, 0.6) is 0 Å². The zero-order valence-electron chi connectivity index (χ0n) is 11.3. The van der Waals surface area contributed by atoms with Crippen molar-refractivity contribution in [3.05, 3.63) is 28.2 Å². The summed E-state index contributed by atoms with van der Waals surface area (Å²) in [6.45, 7) is 2.88. The summed E-state index contributed by atoms with van der Waals surface area (Å²) in [5.74, 6) is -0.126. The lowest BCUT2D eigenvalue weighted by Gasteiger charge is -2.16. The number of carbonyl (C=O) groups excluding carboxylic acids is 1. The molecule has 19 heavy (non-hydrogen) atoms. The molecule has 0 aliphatic carbocycles. The lowest BCUT2D eigenvalue weighted by Crippen LogP contribution is -2.34. The molecule has 1 aromatic rings. The number of halogens is 1. The standard InChI is InChI=1S/C13H20BrN3O2/c1-17(8-9-19-2)7-6-16-13(18)10-4-3-5-11(15)12(10)14/h3-5H,6-9,15H2,1-2H3,(H,16,18). The molecular formula is C13H20BrN3O2. The molecule has 0 aromatic heterocycles. The summed E-state index contributed by atoms with van der Waals surface area (Å²) < 4.78 is 5.63. The molecule has 0 bridgehead atoms. The van der Waals surface area contributed by atoms with Crippen LogP contribution in [0.15, 0.2) is 22.7 Å². The molecule has 0 heterocycles. The van der Waals surface area contributed by atoms with E-state index in [2.05, 4.69) is 26.1 Å². The first-order valence-electron chi connectivity index (χ1n) is 6.06. The number of likely N-dealkylation sites (N-methyl/N-ethyl adjacent to an activating group) is 1. The molecule has 6 heteroatoms. The zero-order valence-corrected chi connectivity index (χ0v) is 12.9. The summed E-state index contributed by atoms with van der Waals surface area (Å²) in [6, 6.07) is 5.25. The van der Waals surface area contributed by atoms with Crippen molar-refractivity contribution in [3.63, 3.8) is 0 Å². The topological polar surface area (TPSA) is 67.6 Å². The third-order valence-electron chi connectivity index (χ3n) is 2.73. The van der Waals surface area contributed by atoms with Crippen molar-refractivity contribution in [1.82, 2.24) is 10.2 Å². The summed E-state index contributed by atoms with van der Waals surface area (Å²) in [7, 11) is 3.66. The van der Waals surface area contributed by atoms with Gasteiger partial charge in [-0.05, 0) is 35.1 Å². The van der Waals surface area contributed by atoms with E-state index in [1.807, 2.05) is 7.05 Å². The zero-order chi connectivity index (χ0) is 14.3. The maximum absolute atomic E-state index is 12.0. The fourth-order valence-corrected chi connectivity index (χ4v) is 1.98. The van der Waals surface area contributed by atoms with Crippen molar-refractivity contribution >= 4 is 27.5 Å². The molecule has 5 nitrogen and oxygen atoms in total. The van der Waals surface area contributed by atoms with Crippen molar-refractivity contribution in [2.24, 2.45) is 0 Å². The Bertz CT molecular complexity index is 426. The van der Waals surface area contributed by atoms with E-state index in [-0.39, 0.29) is 5.91 Å². The van der Waals surface area contributed by atoms with Gasteiger partial charge in [0.2, 0.25) is 0 Å². The van der Waals surface area contributed by atoms with Crippen molar-refractivity contribution < 1.29 is 9.53 Å². The van der Waals surface area contributed by atoms with Crippen LogP contribution in [0.3, 0.4) is 0 Å². The highest BCUT2D eigenvalue weighted by Gasteiger charge is 2.11. The van der Waals surface area contributed by atoms with Crippen LogP contribution in [-0.4, -0.2) is 51.2 Å². The van der Waals surface area contributed by atoms with Gasteiger partial charge in [-0.2, -0.15) is 0 Å². The Morgan fingerprint density at radius 2 is 2.21 bits per heavy atom. The number of nitrogens with one attached hydrogen (secondary N) is 1. The number of rotatable bonds is 7. The van der Waals surface area contributed by atoms with Crippen LogP contribution in [0.2, 0.25) is 0 Å². The second-order valence-corrected chi connectivity index (χ2v) is 5.05. The minimum atomic E-state index is -0.126. The smallest absolute Gasteiger partial charge is 0.252 e. The van der Waals surface area contributed by atoms with Crippen molar-refractivity contribution in [2.45, 2.75) is 0 Å². The maximum atomic E-state index is 12.0. The average molecular weight is 330 g/mol. The third kappa shape index (κ3) is 5.18. The first-order valence-corrected chi connectivity index (χ1v) is 6.85. The highest BCUT2D eigenvalue weighted by molar-refractivity contribution is 9.10. The molecule has 1 rings (SSSR count). The molecule has 0 atom stereocenters. The van der Waals surface area contributed by atoms with E-state index in [1.165, 1.54) is 0 Å². The predicted molar refractivity (Wildman–Crippen MR) is 80.3 cm³/mol. The SMILES string of the molecule is COCCN(C)CCNC(=O)c1cccc(N)c1Br. The van der Waals surface area contributed by atoms with Crippen LogP contribution in [0.4, 0.5) is 5.69 Å². The minimum Gasteiger partial charge on any atom is -0.398 e. The monoisotopic (exact) mass is 329 g/mol. The molecule has 0 unspecified atom stereocenters. The molecule has 3 N–H and O–H groups in total. The Balaban J connectivity index is 2.41. The van der Waals surface area contributed by atoms with Gasteiger partial charge in [-0.15, -0.1) is 0 Å². The second kappa shape index (κ2) is 8.14. The largest absolute Gasteiger partial charge is 0.398 e. The van der Waals surface area contributed by atoms with E-state index in [1.54, 1.807) is 25.3 Å². The summed E-state index contributed by atoms with van der Waals surface area (Å²) >= 11 is 3.32. The second-order valence-electron chi connectivity index (χ2n) is 4.26. The number of methoxy groups -OCH3 is 1. The Morgan fingerprint density at radius 1 is 1.47 bits per heavy atom. The summed E-state index contributed by atoms with van der Waals surface area (Å²) in [5.41, 5.74) is 6.86. The highest BCUT2D eigenvalue weighted by atomic mass is 79.9. The van der Waals surface area contributed by atoms with Gasteiger partial charge >= 0.3 is 0 Å². The molecule has 0 saturated heterocycles. The molecule has 0 fully saturated rings. The fourth-order valence-electron chi connectivity index (χ4n) is 1.54. The Labute approximate surface area is 122 Å². The van der Waals surface area contributed by atoms with Gasteiger partial charge in [0, 0.05) is 32.4 Å². The predicted octanol–water partition coefficient (Wildman–Crippen LogP) is 1.34. The number of ether oxygens (including phenoxy) is 1. The van der Waals surface area contributed by atoms with Gasteiger partial charge in [-0.25, -0.2) is 0 Å². The van der Waals surface area contributed by atoms with E-state index >= 15 is 0 Å². The van der Waals surface area contributed by atoms with E-state index in [9.17, 15) is 4.79 Å². The number of hydrogen-bond acceptors (Lipinski definition) is 4. The first kappa shape index (κ1) is 15.9. The van der Waals surface area contributed by atoms with Gasteiger partial charge in [0.1, 0.15) is 0 Å². The molecule has 1 aromatic carbocycles. The minimum absolute atomic E-state index is 0.126. The number of amides is 1. The number of benzene rings is 1. The van der Waals surface area contributed by atoms with Crippen molar-refractivity contribution in [2.75, 3.05) is 46.1 Å². The fraction of sp³-hybridized carbons (Fsp3) is 0.462. The number of nitrogens with two attached hydrogens (primary N) is 1. The Morgan fingerprint density at radius 3 is 2.89 bits per heavy atom. The van der Waals surface area contributed by atoms with Crippen molar-refractivity contribution in [3.8, 4) is 0 Å². The molecule has 0 spiro atoms. The van der Waals surface area contributed by atoms with Crippen LogP contribution < -0.4 is 11.1 Å². The van der Waals surface area contributed by atoms with E-state index < -0.39 is 0 Å². The van der Waals surface area contributed by atoms with Crippen molar-refractivity contribution in [1.29, 1.82) is 0 Å². The Kier molecular flexibility index (Phi) is 6.83. The molecule has 0 saturated carbocycles. The van der Waals surface area contributed by atoms with Gasteiger partial charge in [0.25, 0.3) is 5.91 Å². The van der Waals surface area contributed by atoms with Crippen LogP contribution in [0, 0.1) is 0 Å². The summed E-state index contributed by atoms with van der Waals surface area (Å²) in [6.07, 6.45) is 0. The first-order chi connectivity index (χ1) is 9.06. The lowest BCUT2D eigenvalue weighted by molar-refractivity contribution is 0.0947. The third-order valence-corrected chi connectivity index (χ3v) is 3.61. The number of hydrogen-bond donors (Lipinski definition) is 2. The van der Waals surface area contributed by atoms with Crippen LogP contribution in [0.25, 0.3) is 0 Å². The molecule has 106 valence electrons. The average Bonchev–Trinajstić information content (AvgIpc) is 2.39. The molecule has 0 radical (unpaired) electrons. The quantitative estimate of drug-likeness (QED) is 0.741. The van der Waals surface area contributed by atoms with Gasteiger partial charge in [-0.1, -0.05) is 6.07 Å². The molecule has 0 aliphatic heterocycles. The number of nitrogens with zero attached hydrogens (tertiary/aromatic N) is 1. The number of anilines is 1. The number of nitrogen functional groups attached to an aromatic ring is 1. The highest BCUT2D eigenvalue weighted by Crippen LogP contribution is 2.23. The lowest BCUT2D eigenvalue weighted by atomic mass is 10.2. The van der Waals surface area contributed by atoms with Gasteiger partial charge in [0.15, 0.2) is 0 Å². The van der Waals surface area contributed by atoms with E-state index in [0.717, 1.165) is 13.1 Å². The van der Waals surface area contributed by atoms with Crippen LogP contribution in [0.1, 0.15) is 10.4 Å². The van der Waals surface area contributed by atoms with E-state index in [0.29, 0.717) is 28.9 Å².